The summed E-state index contributed by atoms with van der Waals surface area (Å²) in [7, 11) is 0. The summed E-state index contributed by atoms with van der Waals surface area (Å²) in [5.41, 5.74) is 1.62. The molecule has 3 rings (SSSR count). The van der Waals surface area contributed by atoms with Crippen LogP contribution < -0.4 is 15.4 Å². The van der Waals surface area contributed by atoms with Crippen LogP contribution in [0.5, 0.6) is 5.75 Å². The lowest BCUT2D eigenvalue weighted by Gasteiger charge is -2.25. The van der Waals surface area contributed by atoms with Gasteiger partial charge < -0.3 is 24.4 Å². The van der Waals surface area contributed by atoms with E-state index < -0.39 is 17.8 Å². The van der Waals surface area contributed by atoms with Crippen LogP contribution in [0.1, 0.15) is 41.0 Å². The molecule has 3 aromatic rings. The first kappa shape index (κ1) is 26.5. The Morgan fingerprint density at radius 2 is 1.83 bits per heavy atom. The second-order valence-corrected chi connectivity index (χ2v) is 9.73. The van der Waals surface area contributed by atoms with Gasteiger partial charge in [0.25, 0.3) is 0 Å². The van der Waals surface area contributed by atoms with Crippen LogP contribution in [-0.2, 0) is 4.74 Å². The highest BCUT2D eigenvalue weighted by molar-refractivity contribution is 5.83. The predicted octanol–water partition coefficient (Wildman–Crippen LogP) is 5.81. The van der Waals surface area contributed by atoms with E-state index in [9.17, 15) is 9.59 Å². The minimum absolute atomic E-state index is 0.214. The van der Waals surface area contributed by atoms with Gasteiger partial charge in [0.2, 0.25) is 0 Å². The van der Waals surface area contributed by atoms with Crippen LogP contribution in [0.2, 0.25) is 0 Å². The lowest BCUT2D eigenvalue weighted by atomic mass is 10.0. The van der Waals surface area contributed by atoms with E-state index in [-0.39, 0.29) is 18.5 Å². The van der Waals surface area contributed by atoms with E-state index in [1.54, 1.807) is 30.5 Å². The number of carbonyl (C=O) groups is 2. The third-order valence-corrected chi connectivity index (χ3v) is 4.93. The number of aromatic nitrogens is 2. The molecule has 0 fully saturated rings. The number of hydrogen-bond donors (Lipinski definition) is 3. The molecular formula is C26H32N4O6. The van der Waals surface area contributed by atoms with Crippen molar-refractivity contribution < 1.29 is 28.7 Å². The second kappa shape index (κ2) is 11.6. The Labute approximate surface area is 210 Å². The zero-order valence-corrected chi connectivity index (χ0v) is 21.1. The average Bonchev–Trinajstić information content (AvgIpc) is 3.30. The fraction of sp³-hybridized carbons (Fsp3) is 0.385. The summed E-state index contributed by atoms with van der Waals surface area (Å²) in [5, 5.41) is 17.9. The van der Waals surface area contributed by atoms with Gasteiger partial charge in [0.05, 0.1) is 17.8 Å². The molecule has 1 unspecified atom stereocenters. The summed E-state index contributed by atoms with van der Waals surface area (Å²) in [6, 6.07) is 10.4. The quantitative estimate of drug-likeness (QED) is 0.338. The van der Waals surface area contributed by atoms with Gasteiger partial charge in [0, 0.05) is 12.3 Å². The summed E-state index contributed by atoms with van der Waals surface area (Å²) >= 11 is 0. The van der Waals surface area contributed by atoms with Crippen molar-refractivity contribution in [1.82, 2.24) is 15.5 Å². The lowest BCUT2D eigenvalue weighted by molar-refractivity contribution is 0.0480. The van der Waals surface area contributed by atoms with Crippen molar-refractivity contribution in [2.45, 2.75) is 52.7 Å². The number of benzene rings is 1. The molecule has 0 bridgehead atoms. The van der Waals surface area contributed by atoms with Crippen molar-refractivity contribution in [1.29, 1.82) is 0 Å². The van der Waals surface area contributed by atoms with E-state index in [1.165, 1.54) is 6.20 Å². The Bertz CT molecular complexity index is 1170. The number of pyridine rings is 1. The number of anilines is 1. The topological polar surface area (TPSA) is 136 Å². The maximum absolute atomic E-state index is 12.4. The molecule has 2 aromatic heterocycles. The average molecular weight is 497 g/mol. The maximum Gasteiger partial charge on any atom is 0.410 e. The van der Waals surface area contributed by atoms with Gasteiger partial charge in [-0.15, -0.1) is 0 Å². The predicted molar refractivity (Wildman–Crippen MR) is 135 cm³/mol. The Hall–Kier alpha value is -4.08. The monoisotopic (exact) mass is 496 g/mol. The highest BCUT2D eigenvalue weighted by Crippen LogP contribution is 2.35. The molecule has 10 nitrogen and oxygen atoms in total. The number of nitrogens with zero attached hydrogens (tertiary/aromatic N) is 2. The number of alkyl carbamates (subject to hydrolysis) is 1. The maximum atomic E-state index is 12.4. The molecule has 2 heterocycles. The van der Waals surface area contributed by atoms with Crippen LogP contribution in [0.15, 0.2) is 53.3 Å². The number of ether oxygens (including phenoxy) is 2. The van der Waals surface area contributed by atoms with E-state index >= 15 is 0 Å². The molecular weight excluding hydrogens is 464 g/mol. The number of amides is 2. The van der Waals surface area contributed by atoms with E-state index in [1.807, 2.05) is 32.9 Å². The molecule has 0 aliphatic rings. The Kier molecular flexibility index (Phi) is 8.52. The Balaban J connectivity index is 1.84. The van der Waals surface area contributed by atoms with Crippen molar-refractivity contribution >= 4 is 18.0 Å². The fourth-order valence-corrected chi connectivity index (χ4v) is 3.57. The Morgan fingerprint density at radius 3 is 2.47 bits per heavy atom. The lowest BCUT2D eigenvalue weighted by Crippen LogP contribution is -2.42. The molecule has 1 atom stereocenters. The molecule has 0 saturated carbocycles. The van der Waals surface area contributed by atoms with Gasteiger partial charge in [0.1, 0.15) is 23.8 Å². The number of nitrogens with one attached hydrogen (secondary N) is 2. The molecule has 1 aromatic carbocycles. The SMILES string of the molecule is CC(C)CC(COc1ccc(-c2ccnc(NC(=O)O)c2)cc1-c1ccno1)NC(=O)OC(C)(C)C. The summed E-state index contributed by atoms with van der Waals surface area (Å²) in [4.78, 5) is 27.4. The highest BCUT2D eigenvalue weighted by Gasteiger charge is 2.22. The van der Waals surface area contributed by atoms with Crippen molar-refractivity contribution in [3.05, 3.63) is 48.8 Å². The molecule has 0 aliphatic carbocycles. The standard InChI is InChI=1S/C26H32N4O6/c1-16(2)12-19(29-25(33)35-26(3,4)5)15-34-21-7-6-17(13-20(21)22-9-11-28-36-22)18-8-10-27-23(14-18)30-24(31)32/h6-11,13-14,16,19H,12,15H2,1-5H3,(H,27,30)(H,29,33)(H,31,32). The van der Waals surface area contributed by atoms with E-state index in [4.69, 9.17) is 19.1 Å². The van der Waals surface area contributed by atoms with Crippen molar-refractivity contribution in [3.63, 3.8) is 0 Å². The van der Waals surface area contributed by atoms with E-state index in [2.05, 4.69) is 34.6 Å². The Morgan fingerprint density at radius 1 is 1.08 bits per heavy atom. The van der Waals surface area contributed by atoms with Gasteiger partial charge in [0.15, 0.2) is 5.76 Å². The van der Waals surface area contributed by atoms with Gasteiger partial charge in [-0.25, -0.2) is 14.6 Å². The number of hydrogen-bond acceptors (Lipinski definition) is 7. The third-order valence-electron chi connectivity index (χ3n) is 4.93. The largest absolute Gasteiger partial charge is 0.491 e. The van der Waals surface area contributed by atoms with Crippen LogP contribution in [0, 0.1) is 5.92 Å². The molecule has 0 spiro atoms. The van der Waals surface area contributed by atoms with E-state index in [0.29, 0.717) is 29.4 Å². The first-order valence-corrected chi connectivity index (χ1v) is 11.6. The smallest absolute Gasteiger partial charge is 0.410 e. The molecule has 36 heavy (non-hydrogen) atoms. The van der Waals surface area contributed by atoms with Gasteiger partial charge in [-0.05, 0) is 68.5 Å². The minimum atomic E-state index is -1.19. The third kappa shape index (κ3) is 8.00. The van der Waals surface area contributed by atoms with Crippen LogP contribution in [-0.4, -0.2) is 45.7 Å². The molecule has 192 valence electrons. The zero-order chi connectivity index (χ0) is 26.3. The molecule has 10 heteroatoms. The highest BCUT2D eigenvalue weighted by atomic mass is 16.6. The molecule has 0 saturated heterocycles. The van der Waals surface area contributed by atoms with Crippen molar-refractivity contribution in [3.8, 4) is 28.2 Å². The van der Waals surface area contributed by atoms with Crippen molar-refractivity contribution in [2.75, 3.05) is 11.9 Å². The van der Waals surface area contributed by atoms with Crippen LogP contribution >= 0.6 is 0 Å². The number of carbonyl (C=O) groups excluding carboxylic acids is 1. The molecule has 0 aliphatic heterocycles. The summed E-state index contributed by atoms with van der Waals surface area (Å²) in [5.74, 6) is 1.59. The van der Waals surface area contributed by atoms with Crippen LogP contribution in [0.25, 0.3) is 22.5 Å². The molecule has 3 N–H and O–H groups in total. The van der Waals surface area contributed by atoms with Crippen LogP contribution in [0.4, 0.5) is 15.4 Å². The number of carboxylic acid groups (broad SMARTS) is 1. The zero-order valence-electron chi connectivity index (χ0n) is 21.1. The fourth-order valence-electron chi connectivity index (χ4n) is 3.57. The van der Waals surface area contributed by atoms with Gasteiger partial charge >= 0.3 is 12.2 Å². The van der Waals surface area contributed by atoms with E-state index in [0.717, 1.165) is 11.1 Å². The normalized spacial score (nSPS) is 12.2. The molecule has 0 radical (unpaired) electrons. The molecule has 2 amide bonds. The second-order valence-electron chi connectivity index (χ2n) is 9.73. The first-order valence-electron chi connectivity index (χ1n) is 11.6. The first-order chi connectivity index (χ1) is 17.0. The summed E-state index contributed by atoms with van der Waals surface area (Å²) in [6.07, 6.45) is 2.08. The van der Waals surface area contributed by atoms with Gasteiger partial charge in [-0.2, -0.15) is 0 Å². The minimum Gasteiger partial charge on any atom is -0.491 e. The van der Waals surface area contributed by atoms with Crippen LogP contribution in [0.3, 0.4) is 0 Å². The number of rotatable bonds is 9. The summed E-state index contributed by atoms with van der Waals surface area (Å²) < 4.78 is 17.0. The van der Waals surface area contributed by atoms with Crippen molar-refractivity contribution in [2.24, 2.45) is 5.92 Å². The van der Waals surface area contributed by atoms with Gasteiger partial charge in [-0.3, -0.25) is 5.32 Å². The van der Waals surface area contributed by atoms with Gasteiger partial charge in [-0.1, -0.05) is 25.1 Å². The summed E-state index contributed by atoms with van der Waals surface area (Å²) in [6.45, 7) is 9.81.